The molecule has 98 valence electrons. The SMILES string of the molecule is CCC(NCC1CC1)(C(=O)O)c1cccc(Br)c1. The number of hydrogen-bond acceptors (Lipinski definition) is 2. The van der Waals surface area contributed by atoms with E-state index >= 15 is 0 Å². The lowest BCUT2D eigenvalue weighted by atomic mass is 9.87. The van der Waals surface area contributed by atoms with Gasteiger partial charge in [-0.2, -0.15) is 0 Å². The van der Waals surface area contributed by atoms with Gasteiger partial charge >= 0.3 is 5.97 Å². The lowest BCUT2D eigenvalue weighted by Crippen LogP contribution is -2.49. The van der Waals surface area contributed by atoms with Crippen LogP contribution in [0.3, 0.4) is 0 Å². The fraction of sp³-hybridized carbons (Fsp3) is 0.500. The average molecular weight is 312 g/mol. The van der Waals surface area contributed by atoms with E-state index in [-0.39, 0.29) is 0 Å². The monoisotopic (exact) mass is 311 g/mol. The van der Waals surface area contributed by atoms with Crippen molar-refractivity contribution in [2.75, 3.05) is 6.54 Å². The molecule has 0 amide bonds. The standard InChI is InChI=1S/C14H18BrNO2/c1-2-14(13(17)18,16-9-10-6-7-10)11-4-3-5-12(15)8-11/h3-5,8,10,16H,2,6-7,9H2,1H3,(H,17,18). The van der Waals surface area contributed by atoms with E-state index in [0.717, 1.165) is 16.6 Å². The van der Waals surface area contributed by atoms with E-state index in [1.807, 2.05) is 31.2 Å². The summed E-state index contributed by atoms with van der Waals surface area (Å²) < 4.78 is 0.910. The first-order chi connectivity index (χ1) is 8.58. The molecule has 2 N–H and O–H groups in total. The van der Waals surface area contributed by atoms with Crippen molar-refractivity contribution in [3.8, 4) is 0 Å². The molecule has 1 atom stereocenters. The molecule has 0 aliphatic heterocycles. The number of rotatable bonds is 6. The van der Waals surface area contributed by atoms with E-state index in [9.17, 15) is 9.90 Å². The van der Waals surface area contributed by atoms with Gasteiger partial charge in [-0.3, -0.25) is 5.32 Å². The predicted molar refractivity (Wildman–Crippen MR) is 74.5 cm³/mol. The van der Waals surface area contributed by atoms with Crippen LogP contribution in [0.2, 0.25) is 0 Å². The van der Waals surface area contributed by atoms with Gasteiger partial charge in [0.25, 0.3) is 0 Å². The van der Waals surface area contributed by atoms with Gasteiger partial charge < -0.3 is 5.11 Å². The maximum Gasteiger partial charge on any atom is 0.328 e. The van der Waals surface area contributed by atoms with Gasteiger partial charge in [-0.25, -0.2) is 4.79 Å². The number of hydrogen-bond donors (Lipinski definition) is 2. The van der Waals surface area contributed by atoms with E-state index in [2.05, 4.69) is 21.2 Å². The van der Waals surface area contributed by atoms with Gasteiger partial charge in [-0.1, -0.05) is 35.0 Å². The zero-order valence-corrected chi connectivity index (χ0v) is 12.0. The molecule has 0 radical (unpaired) electrons. The summed E-state index contributed by atoms with van der Waals surface area (Å²) in [5, 5.41) is 12.9. The molecular formula is C14H18BrNO2. The minimum Gasteiger partial charge on any atom is -0.480 e. The zero-order valence-electron chi connectivity index (χ0n) is 10.4. The molecule has 1 aromatic rings. The lowest BCUT2D eigenvalue weighted by Gasteiger charge is -2.30. The van der Waals surface area contributed by atoms with Crippen molar-refractivity contribution in [3.05, 3.63) is 34.3 Å². The molecule has 18 heavy (non-hydrogen) atoms. The van der Waals surface area contributed by atoms with Crippen LogP contribution >= 0.6 is 15.9 Å². The van der Waals surface area contributed by atoms with Gasteiger partial charge in [0, 0.05) is 4.47 Å². The normalized spacial score (nSPS) is 18.3. The van der Waals surface area contributed by atoms with E-state index in [1.54, 1.807) is 0 Å². The van der Waals surface area contributed by atoms with Crippen molar-refractivity contribution >= 4 is 21.9 Å². The largest absolute Gasteiger partial charge is 0.480 e. The van der Waals surface area contributed by atoms with Crippen LogP contribution in [0.4, 0.5) is 0 Å². The highest BCUT2D eigenvalue weighted by Gasteiger charge is 2.39. The summed E-state index contributed by atoms with van der Waals surface area (Å²) in [4.78, 5) is 11.7. The fourth-order valence-corrected chi connectivity index (χ4v) is 2.58. The van der Waals surface area contributed by atoms with Gasteiger partial charge in [0.1, 0.15) is 5.54 Å². The first-order valence-electron chi connectivity index (χ1n) is 6.33. The molecule has 1 aromatic carbocycles. The smallest absolute Gasteiger partial charge is 0.328 e. The van der Waals surface area contributed by atoms with Gasteiger partial charge in [0.05, 0.1) is 0 Å². The van der Waals surface area contributed by atoms with Crippen LogP contribution in [0, 0.1) is 5.92 Å². The Morgan fingerprint density at radius 1 is 1.56 bits per heavy atom. The van der Waals surface area contributed by atoms with E-state index in [4.69, 9.17) is 0 Å². The van der Waals surface area contributed by atoms with Crippen molar-refractivity contribution in [1.29, 1.82) is 0 Å². The second kappa shape index (κ2) is 5.41. The molecular weight excluding hydrogens is 294 g/mol. The molecule has 1 aliphatic rings. The van der Waals surface area contributed by atoms with Gasteiger partial charge in [-0.15, -0.1) is 0 Å². The second-order valence-electron chi connectivity index (χ2n) is 4.90. The number of halogens is 1. The molecule has 1 fully saturated rings. The number of nitrogens with one attached hydrogen (secondary N) is 1. The van der Waals surface area contributed by atoms with Crippen LogP contribution in [-0.2, 0) is 10.3 Å². The second-order valence-corrected chi connectivity index (χ2v) is 5.81. The van der Waals surface area contributed by atoms with Crippen LogP contribution in [0.5, 0.6) is 0 Å². The molecule has 1 aliphatic carbocycles. The Kier molecular flexibility index (Phi) is 4.07. The Bertz CT molecular complexity index is 445. The van der Waals surface area contributed by atoms with Crippen molar-refractivity contribution < 1.29 is 9.90 Å². The maximum atomic E-state index is 11.7. The third-order valence-corrected chi connectivity index (χ3v) is 4.10. The van der Waals surface area contributed by atoms with E-state index in [1.165, 1.54) is 12.8 Å². The van der Waals surface area contributed by atoms with Crippen LogP contribution < -0.4 is 5.32 Å². The molecule has 0 spiro atoms. The third kappa shape index (κ3) is 2.75. The van der Waals surface area contributed by atoms with Gasteiger partial charge in [0.2, 0.25) is 0 Å². The topological polar surface area (TPSA) is 49.3 Å². The molecule has 1 unspecified atom stereocenters. The molecule has 4 heteroatoms. The maximum absolute atomic E-state index is 11.7. The molecule has 0 saturated heterocycles. The first kappa shape index (κ1) is 13.6. The number of carbonyl (C=O) groups is 1. The third-order valence-electron chi connectivity index (χ3n) is 3.60. The quantitative estimate of drug-likeness (QED) is 0.848. The summed E-state index contributed by atoms with van der Waals surface area (Å²) in [5.41, 5.74) is -0.153. The molecule has 0 aromatic heterocycles. The van der Waals surface area contributed by atoms with Crippen molar-refractivity contribution in [1.82, 2.24) is 5.32 Å². The number of carboxylic acid groups (broad SMARTS) is 1. The zero-order chi connectivity index (χ0) is 13.2. The highest BCUT2D eigenvalue weighted by Crippen LogP contribution is 2.32. The summed E-state index contributed by atoms with van der Waals surface area (Å²) in [6.07, 6.45) is 2.96. The van der Waals surface area contributed by atoms with E-state index < -0.39 is 11.5 Å². The number of benzene rings is 1. The molecule has 0 bridgehead atoms. The lowest BCUT2D eigenvalue weighted by molar-refractivity contribution is -0.145. The number of carboxylic acids is 1. The Balaban J connectivity index is 2.29. The highest BCUT2D eigenvalue weighted by atomic mass is 79.9. The summed E-state index contributed by atoms with van der Waals surface area (Å²) in [5.74, 6) is -0.147. The highest BCUT2D eigenvalue weighted by molar-refractivity contribution is 9.10. The Morgan fingerprint density at radius 3 is 2.78 bits per heavy atom. The van der Waals surface area contributed by atoms with Crippen molar-refractivity contribution in [3.63, 3.8) is 0 Å². The molecule has 2 rings (SSSR count). The van der Waals surface area contributed by atoms with Gasteiger partial charge in [0.15, 0.2) is 0 Å². The van der Waals surface area contributed by atoms with Crippen molar-refractivity contribution in [2.24, 2.45) is 5.92 Å². The Morgan fingerprint density at radius 2 is 2.28 bits per heavy atom. The van der Waals surface area contributed by atoms with E-state index in [0.29, 0.717) is 12.3 Å². The van der Waals surface area contributed by atoms with Crippen LogP contribution in [0.25, 0.3) is 0 Å². The summed E-state index contributed by atoms with van der Waals surface area (Å²) in [6, 6.07) is 7.55. The molecule has 0 heterocycles. The van der Waals surface area contributed by atoms with Crippen molar-refractivity contribution in [2.45, 2.75) is 31.7 Å². The first-order valence-corrected chi connectivity index (χ1v) is 7.12. The Hall–Kier alpha value is -0.870. The summed E-state index contributed by atoms with van der Waals surface area (Å²) in [7, 11) is 0. The van der Waals surface area contributed by atoms with Gasteiger partial charge in [-0.05, 0) is 49.4 Å². The van der Waals surface area contributed by atoms with Crippen LogP contribution in [0.1, 0.15) is 31.7 Å². The fourth-order valence-electron chi connectivity index (χ4n) is 2.18. The number of aliphatic carboxylic acids is 1. The molecule has 1 saturated carbocycles. The minimum atomic E-state index is -0.966. The molecule has 3 nitrogen and oxygen atoms in total. The summed E-state index contributed by atoms with van der Waals surface area (Å²) >= 11 is 3.40. The predicted octanol–water partition coefficient (Wildman–Crippen LogP) is 3.14. The minimum absolute atomic E-state index is 0.533. The Labute approximate surface area is 116 Å². The summed E-state index contributed by atoms with van der Waals surface area (Å²) in [6.45, 7) is 2.70. The van der Waals surface area contributed by atoms with Crippen LogP contribution in [-0.4, -0.2) is 17.6 Å². The average Bonchev–Trinajstić information content (AvgIpc) is 3.14. The van der Waals surface area contributed by atoms with Crippen LogP contribution in [0.15, 0.2) is 28.7 Å².